The van der Waals surface area contributed by atoms with Crippen molar-refractivity contribution in [3.63, 3.8) is 0 Å². The summed E-state index contributed by atoms with van der Waals surface area (Å²) in [5, 5.41) is 4.40. The minimum atomic E-state index is -0.0339. The maximum Gasteiger partial charge on any atom is 0.246 e. The fourth-order valence-electron chi connectivity index (χ4n) is 5.45. The van der Waals surface area contributed by atoms with Gasteiger partial charge in [-0.2, -0.15) is 0 Å². The highest BCUT2D eigenvalue weighted by Crippen LogP contribution is 2.29. The maximum atomic E-state index is 12.1. The van der Waals surface area contributed by atoms with Gasteiger partial charge in [-0.25, -0.2) is 19.9 Å². The second kappa shape index (κ2) is 10.4. The average molecular weight is 533 g/mol. The van der Waals surface area contributed by atoms with E-state index in [4.69, 9.17) is 0 Å². The molecule has 1 fully saturated rings. The number of fused-ring (bicyclic) bond motifs is 2. The number of pyridine rings is 1. The van der Waals surface area contributed by atoms with E-state index in [0.717, 1.165) is 45.7 Å². The van der Waals surface area contributed by atoms with E-state index in [1.165, 1.54) is 22.8 Å². The third-order valence-electron chi connectivity index (χ3n) is 7.71. The van der Waals surface area contributed by atoms with Gasteiger partial charge in [0.2, 0.25) is 5.91 Å². The zero-order chi connectivity index (χ0) is 27.8. The minimum absolute atomic E-state index is 0.0339. The molecule has 2 aromatic carbocycles. The molecule has 6 rings (SSSR count). The Morgan fingerprint density at radius 2 is 1.95 bits per heavy atom. The molecule has 9 nitrogen and oxygen atoms in total. The van der Waals surface area contributed by atoms with Crippen LogP contribution in [0.15, 0.2) is 74.0 Å². The van der Waals surface area contributed by atoms with Gasteiger partial charge in [-0.05, 0) is 73.4 Å². The standard InChI is InChI=1S/C31H32N8O/c1-5-30(40)38-10-11-39(21(3)17-38)29-15-25-27(16-32-29)33-18-34-31(25)36-24-8-7-23(20(2)12-24)13-22-6-9-28-26(14-22)35-19-37(28)4/h5-9,12,14-16,18-19,21H,1,10-11,13,17H2,2-4H3,(H,33,34,36)/t21-/m0/s1. The van der Waals surface area contributed by atoms with E-state index in [-0.39, 0.29) is 11.9 Å². The Balaban J connectivity index is 1.22. The SMILES string of the molecule is C=CC(=O)N1CCN(c2cc3c(Nc4ccc(Cc5ccc6c(c5)ncn6C)c(C)c4)ncnc3cn2)[C@@H](C)C1. The number of hydrogen-bond acceptors (Lipinski definition) is 7. The van der Waals surface area contributed by atoms with Crippen LogP contribution in [0.2, 0.25) is 0 Å². The Labute approximate surface area is 233 Å². The lowest BCUT2D eigenvalue weighted by Gasteiger charge is -2.40. The molecule has 0 saturated carbocycles. The number of rotatable bonds is 6. The van der Waals surface area contributed by atoms with Crippen LogP contribution in [-0.4, -0.2) is 61.0 Å². The summed E-state index contributed by atoms with van der Waals surface area (Å²) in [5.41, 5.74) is 7.59. The highest BCUT2D eigenvalue weighted by atomic mass is 16.2. The van der Waals surface area contributed by atoms with Crippen LogP contribution < -0.4 is 10.2 Å². The summed E-state index contributed by atoms with van der Waals surface area (Å²) < 4.78 is 2.04. The highest BCUT2D eigenvalue weighted by Gasteiger charge is 2.27. The summed E-state index contributed by atoms with van der Waals surface area (Å²) in [7, 11) is 2.01. The van der Waals surface area contributed by atoms with Crippen LogP contribution in [0, 0.1) is 6.92 Å². The molecule has 202 valence electrons. The number of nitrogens with one attached hydrogen (secondary N) is 1. The first-order valence-corrected chi connectivity index (χ1v) is 13.4. The summed E-state index contributed by atoms with van der Waals surface area (Å²) in [4.78, 5) is 34.3. The molecule has 0 radical (unpaired) electrons. The van der Waals surface area contributed by atoms with E-state index < -0.39 is 0 Å². The number of anilines is 3. The Bertz CT molecular complexity index is 1740. The van der Waals surface area contributed by atoms with Crippen molar-refractivity contribution >= 4 is 45.2 Å². The molecule has 1 atom stereocenters. The smallest absolute Gasteiger partial charge is 0.246 e. The van der Waals surface area contributed by atoms with Gasteiger partial charge < -0.3 is 19.7 Å². The number of aromatic nitrogens is 5. The van der Waals surface area contributed by atoms with E-state index in [2.05, 4.69) is 87.0 Å². The first-order valence-electron chi connectivity index (χ1n) is 13.4. The van der Waals surface area contributed by atoms with E-state index in [0.29, 0.717) is 19.6 Å². The lowest BCUT2D eigenvalue weighted by atomic mass is 9.99. The van der Waals surface area contributed by atoms with Crippen LogP contribution in [0.4, 0.5) is 17.3 Å². The van der Waals surface area contributed by atoms with Crippen molar-refractivity contribution in [1.82, 2.24) is 29.4 Å². The van der Waals surface area contributed by atoms with Crippen molar-refractivity contribution in [3.8, 4) is 0 Å². The van der Waals surface area contributed by atoms with Gasteiger partial charge >= 0.3 is 0 Å². The molecule has 1 aliphatic heterocycles. The molecule has 1 amide bonds. The second-order valence-corrected chi connectivity index (χ2v) is 10.4. The summed E-state index contributed by atoms with van der Waals surface area (Å²) in [6.45, 7) is 9.81. The molecule has 5 aromatic rings. The van der Waals surface area contributed by atoms with E-state index >= 15 is 0 Å². The fourth-order valence-corrected chi connectivity index (χ4v) is 5.45. The van der Waals surface area contributed by atoms with Crippen LogP contribution in [0.25, 0.3) is 21.9 Å². The quantitative estimate of drug-likeness (QED) is 0.315. The molecular formula is C31H32N8O. The van der Waals surface area contributed by atoms with Crippen LogP contribution in [-0.2, 0) is 18.3 Å². The van der Waals surface area contributed by atoms with Crippen LogP contribution in [0.3, 0.4) is 0 Å². The van der Waals surface area contributed by atoms with Crippen molar-refractivity contribution in [1.29, 1.82) is 0 Å². The average Bonchev–Trinajstić information content (AvgIpc) is 3.33. The number of nitrogens with zero attached hydrogens (tertiary/aromatic N) is 7. The monoisotopic (exact) mass is 532 g/mol. The molecule has 1 N–H and O–H groups in total. The van der Waals surface area contributed by atoms with Crippen LogP contribution >= 0.6 is 0 Å². The third-order valence-corrected chi connectivity index (χ3v) is 7.71. The molecule has 0 spiro atoms. The first-order chi connectivity index (χ1) is 19.4. The third kappa shape index (κ3) is 4.86. The maximum absolute atomic E-state index is 12.1. The zero-order valence-electron chi connectivity index (χ0n) is 23.0. The van der Waals surface area contributed by atoms with Crippen molar-refractivity contribution < 1.29 is 4.79 Å². The normalized spacial score (nSPS) is 15.5. The minimum Gasteiger partial charge on any atom is -0.350 e. The Morgan fingerprint density at radius 3 is 2.75 bits per heavy atom. The predicted molar refractivity (Wildman–Crippen MR) is 159 cm³/mol. The summed E-state index contributed by atoms with van der Waals surface area (Å²) >= 11 is 0. The number of carbonyl (C=O) groups excluding carboxylic acids is 1. The summed E-state index contributed by atoms with van der Waals surface area (Å²) in [6.07, 6.45) is 7.42. The van der Waals surface area contributed by atoms with Crippen LogP contribution in [0.5, 0.6) is 0 Å². The number of carbonyl (C=O) groups is 1. The van der Waals surface area contributed by atoms with E-state index in [1.54, 1.807) is 12.5 Å². The van der Waals surface area contributed by atoms with Gasteiger partial charge in [0.15, 0.2) is 0 Å². The van der Waals surface area contributed by atoms with E-state index in [9.17, 15) is 4.79 Å². The number of piperazine rings is 1. The summed E-state index contributed by atoms with van der Waals surface area (Å²) in [6, 6.07) is 15.0. The predicted octanol–water partition coefficient (Wildman–Crippen LogP) is 4.78. The molecule has 0 bridgehead atoms. The molecule has 3 aromatic heterocycles. The van der Waals surface area contributed by atoms with Crippen molar-refractivity contribution in [2.24, 2.45) is 7.05 Å². The summed E-state index contributed by atoms with van der Waals surface area (Å²) in [5.74, 6) is 1.54. The van der Waals surface area contributed by atoms with Crippen molar-refractivity contribution in [2.45, 2.75) is 26.3 Å². The first kappa shape index (κ1) is 25.5. The number of hydrogen-bond donors (Lipinski definition) is 1. The van der Waals surface area contributed by atoms with Gasteiger partial charge in [0.05, 0.1) is 29.1 Å². The van der Waals surface area contributed by atoms with Gasteiger partial charge in [-0.15, -0.1) is 0 Å². The molecule has 1 aliphatic rings. The zero-order valence-corrected chi connectivity index (χ0v) is 23.0. The topological polar surface area (TPSA) is 92.1 Å². The largest absolute Gasteiger partial charge is 0.350 e. The van der Waals surface area contributed by atoms with Crippen molar-refractivity contribution in [2.75, 3.05) is 29.9 Å². The molecule has 0 unspecified atom stereocenters. The lowest BCUT2D eigenvalue weighted by Crippen LogP contribution is -2.53. The highest BCUT2D eigenvalue weighted by molar-refractivity contribution is 5.92. The number of aryl methyl sites for hydroxylation is 2. The number of imidazole rings is 1. The molecular weight excluding hydrogens is 500 g/mol. The fraction of sp³-hybridized carbons (Fsp3) is 0.258. The number of amides is 1. The van der Waals surface area contributed by atoms with Gasteiger partial charge in [-0.1, -0.05) is 18.7 Å². The van der Waals surface area contributed by atoms with Gasteiger partial charge in [-0.3, -0.25) is 4.79 Å². The Kier molecular flexibility index (Phi) is 6.63. The van der Waals surface area contributed by atoms with Gasteiger partial charge in [0.25, 0.3) is 0 Å². The Hall–Kier alpha value is -4.79. The molecule has 1 saturated heterocycles. The van der Waals surface area contributed by atoms with Crippen LogP contribution in [0.1, 0.15) is 23.6 Å². The lowest BCUT2D eigenvalue weighted by molar-refractivity contribution is -0.126. The van der Waals surface area contributed by atoms with Gasteiger partial charge in [0.1, 0.15) is 18.0 Å². The van der Waals surface area contributed by atoms with Gasteiger partial charge in [0, 0.05) is 43.8 Å². The molecule has 0 aliphatic carbocycles. The Morgan fingerprint density at radius 1 is 1.07 bits per heavy atom. The van der Waals surface area contributed by atoms with E-state index in [1.807, 2.05) is 28.9 Å². The molecule has 4 heterocycles. The number of benzene rings is 2. The second-order valence-electron chi connectivity index (χ2n) is 10.4. The van der Waals surface area contributed by atoms with Crippen molar-refractivity contribution in [3.05, 3.63) is 90.7 Å². The molecule has 9 heteroatoms. The molecule has 40 heavy (non-hydrogen) atoms.